The molecule has 0 aliphatic carbocycles. The Balaban J connectivity index is 2.29. The van der Waals surface area contributed by atoms with Gasteiger partial charge < -0.3 is 4.74 Å². The third-order valence-corrected chi connectivity index (χ3v) is 2.12. The van der Waals surface area contributed by atoms with Crippen LogP contribution in [-0.2, 0) is 0 Å². The maximum atomic E-state index is 13.4. The molecule has 0 atom stereocenters. The highest BCUT2D eigenvalue weighted by molar-refractivity contribution is 6.30. The van der Waals surface area contributed by atoms with Crippen molar-refractivity contribution in [1.82, 2.24) is 0 Å². The van der Waals surface area contributed by atoms with Crippen LogP contribution in [0.1, 0.15) is 0 Å². The second kappa shape index (κ2) is 4.32. The molecule has 75 valence electrons. The van der Waals surface area contributed by atoms with Crippen LogP contribution in [0.15, 0.2) is 42.5 Å². The van der Waals surface area contributed by atoms with Crippen molar-refractivity contribution in [3.8, 4) is 11.5 Å². The zero-order valence-corrected chi connectivity index (χ0v) is 8.46. The van der Waals surface area contributed by atoms with Crippen LogP contribution in [0.5, 0.6) is 11.5 Å². The van der Waals surface area contributed by atoms with E-state index in [-0.39, 0.29) is 10.8 Å². The predicted octanol–water partition coefficient (Wildman–Crippen LogP) is 4.07. The molecule has 15 heavy (non-hydrogen) atoms. The molecule has 2 aromatic rings. The average molecular weight is 222 g/mol. The van der Waals surface area contributed by atoms with E-state index < -0.39 is 5.82 Å². The standard InChI is InChI=1S/C12H7ClFO/c13-10-7-4-8-11(12(10)14)15-9-5-2-1-3-6-9/h2-8H. The average Bonchev–Trinajstić information content (AvgIpc) is 2.26. The van der Waals surface area contributed by atoms with Crippen LogP contribution in [0.25, 0.3) is 0 Å². The fourth-order valence-electron chi connectivity index (χ4n) is 1.13. The number of hydrogen-bond acceptors (Lipinski definition) is 1. The van der Waals surface area contributed by atoms with Gasteiger partial charge in [0.25, 0.3) is 0 Å². The summed E-state index contributed by atoms with van der Waals surface area (Å²) in [5.41, 5.74) is 0. The van der Waals surface area contributed by atoms with Gasteiger partial charge in [0.05, 0.1) is 5.02 Å². The Kier molecular flexibility index (Phi) is 2.88. The smallest absolute Gasteiger partial charge is 0.184 e. The van der Waals surface area contributed by atoms with Crippen molar-refractivity contribution in [2.45, 2.75) is 0 Å². The van der Waals surface area contributed by atoms with Crippen molar-refractivity contribution in [3.63, 3.8) is 0 Å². The highest BCUT2D eigenvalue weighted by Crippen LogP contribution is 2.28. The van der Waals surface area contributed by atoms with Crippen molar-refractivity contribution in [1.29, 1.82) is 0 Å². The second-order valence-corrected chi connectivity index (χ2v) is 3.30. The lowest BCUT2D eigenvalue weighted by molar-refractivity contribution is 0.442. The molecule has 0 heterocycles. The summed E-state index contributed by atoms with van der Waals surface area (Å²) >= 11 is 5.62. The summed E-state index contributed by atoms with van der Waals surface area (Å²) in [5.74, 6) is 0.121. The number of halogens is 2. The van der Waals surface area contributed by atoms with E-state index in [0.29, 0.717) is 5.75 Å². The summed E-state index contributed by atoms with van der Waals surface area (Å²) in [5, 5.41) is 0.0509. The monoisotopic (exact) mass is 221 g/mol. The Hall–Kier alpha value is -1.54. The Morgan fingerprint density at radius 3 is 2.60 bits per heavy atom. The molecule has 1 nitrogen and oxygen atoms in total. The van der Waals surface area contributed by atoms with Gasteiger partial charge in [-0.25, -0.2) is 4.39 Å². The molecule has 1 radical (unpaired) electrons. The largest absolute Gasteiger partial charge is 0.454 e. The first-order valence-corrected chi connectivity index (χ1v) is 4.73. The van der Waals surface area contributed by atoms with E-state index in [4.69, 9.17) is 16.3 Å². The lowest BCUT2D eigenvalue weighted by Crippen LogP contribution is -1.88. The van der Waals surface area contributed by atoms with Crippen molar-refractivity contribution in [3.05, 3.63) is 59.4 Å². The van der Waals surface area contributed by atoms with Crippen molar-refractivity contribution >= 4 is 11.6 Å². The number of hydrogen-bond donors (Lipinski definition) is 0. The maximum Gasteiger partial charge on any atom is 0.184 e. The summed E-state index contributed by atoms with van der Waals surface area (Å²) < 4.78 is 18.7. The molecule has 0 aliphatic heterocycles. The van der Waals surface area contributed by atoms with Gasteiger partial charge in [0.1, 0.15) is 5.75 Å². The topological polar surface area (TPSA) is 9.23 Å². The van der Waals surface area contributed by atoms with E-state index in [1.54, 1.807) is 30.3 Å². The van der Waals surface area contributed by atoms with Gasteiger partial charge >= 0.3 is 0 Å². The van der Waals surface area contributed by atoms with Gasteiger partial charge in [-0.15, -0.1) is 0 Å². The molecular formula is C12H7ClFO. The summed E-state index contributed by atoms with van der Waals surface area (Å²) in [7, 11) is 0. The lowest BCUT2D eigenvalue weighted by Gasteiger charge is -2.06. The Morgan fingerprint density at radius 1 is 1.13 bits per heavy atom. The first-order chi connectivity index (χ1) is 7.27. The molecule has 0 saturated heterocycles. The normalized spacial score (nSPS) is 10.0. The van der Waals surface area contributed by atoms with Crippen molar-refractivity contribution in [2.75, 3.05) is 0 Å². The highest BCUT2D eigenvalue weighted by Gasteiger charge is 2.07. The minimum Gasteiger partial charge on any atom is -0.454 e. The number of benzene rings is 2. The Bertz CT molecular complexity index is 456. The minimum absolute atomic E-state index is 0.0509. The summed E-state index contributed by atoms with van der Waals surface area (Å²) in [6.07, 6.45) is 0. The minimum atomic E-state index is -0.549. The van der Waals surface area contributed by atoms with Crippen LogP contribution in [0.2, 0.25) is 5.02 Å². The van der Waals surface area contributed by atoms with Crippen LogP contribution in [-0.4, -0.2) is 0 Å². The third-order valence-electron chi connectivity index (χ3n) is 1.83. The van der Waals surface area contributed by atoms with E-state index in [0.717, 1.165) is 0 Å². The van der Waals surface area contributed by atoms with Gasteiger partial charge in [-0.3, -0.25) is 0 Å². The third kappa shape index (κ3) is 2.28. The van der Waals surface area contributed by atoms with Crippen molar-refractivity contribution in [2.24, 2.45) is 0 Å². The molecule has 0 aliphatic rings. The van der Waals surface area contributed by atoms with E-state index in [1.807, 2.05) is 0 Å². The van der Waals surface area contributed by atoms with Crippen LogP contribution in [0, 0.1) is 11.9 Å². The molecule has 0 spiro atoms. The quantitative estimate of drug-likeness (QED) is 0.743. The highest BCUT2D eigenvalue weighted by atomic mass is 35.5. The molecule has 0 unspecified atom stereocenters. The zero-order chi connectivity index (χ0) is 10.7. The maximum absolute atomic E-state index is 13.4. The number of rotatable bonds is 2. The SMILES string of the molecule is Fc1c(Cl)cccc1Oc1cc[c]cc1. The molecular weight excluding hydrogens is 215 g/mol. The lowest BCUT2D eigenvalue weighted by atomic mass is 10.3. The van der Waals surface area contributed by atoms with Gasteiger partial charge in [0, 0.05) is 0 Å². The van der Waals surface area contributed by atoms with Gasteiger partial charge in [-0.05, 0) is 30.3 Å². The summed E-state index contributed by atoms with van der Waals surface area (Å²) in [6.45, 7) is 0. The van der Waals surface area contributed by atoms with Crippen LogP contribution in [0.3, 0.4) is 0 Å². The molecule has 0 amide bonds. The Morgan fingerprint density at radius 2 is 1.87 bits per heavy atom. The fourth-order valence-corrected chi connectivity index (χ4v) is 1.30. The van der Waals surface area contributed by atoms with E-state index in [2.05, 4.69) is 6.07 Å². The van der Waals surface area contributed by atoms with Crippen LogP contribution in [0.4, 0.5) is 4.39 Å². The molecule has 0 bridgehead atoms. The molecule has 2 rings (SSSR count). The molecule has 0 saturated carbocycles. The van der Waals surface area contributed by atoms with Gasteiger partial charge in [0.2, 0.25) is 0 Å². The first kappa shape index (κ1) is 9.99. The van der Waals surface area contributed by atoms with Crippen LogP contribution >= 0.6 is 11.6 Å². The van der Waals surface area contributed by atoms with Gasteiger partial charge in [-0.1, -0.05) is 29.8 Å². The van der Waals surface area contributed by atoms with Crippen molar-refractivity contribution < 1.29 is 9.13 Å². The van der Waals surface area contributed by atoms with Gasteiger partial charge in [0.15, 0.2) is 11.6 Å². The van der Waals surface area contributed by atoms with E-state index >= 15 is 0 Å². The molecule has 0 aromatic heterocycles. The van der Waals surface area contributed by atoms with E-state index in [1.165, 1.54) is 12.1 Å². The van der Waals surface area contributed by atoms with Crippen LogP contribution < -0.4 is 4.74 Å². The number of ether oxygens (including phenoxy) is 1. The molecule has 0 N–H and O–H groups in total. The van der Waals surface area contributed by atoms with E-state index in [9.17, 15) is 4.39 Å². The molecule has 3 heteroatoms. The molecule has 2 aromatic carbocycles. The zero-order valence-electron chi connectivity index (χ0n) is 7.71. The summed E-state index contributed by atoms with van der Waals surface area (Å²) in [6, 6.07) is 14.3. The first-order valence-electron chi connectivity index (χ1n) is 4.35. The Labute approximate surface area is 92.1 Å². The van der Waals surface area contributed by atoms with Gasteiger partial charge in [-0.2, -0.15) is 0 Å². The second-order valence-electron chi connectivity index (χ2n) is 2.89. The summed E-state index contributed by atoms with van der Waals surface area (Å²) in [4.78, 5) is 0. The molecule has 0 fully saturated rings. The predicted molar refractivity (Wildman–Crippen MR) is 56.8 cm³/mol. The fraction of sp³-hybridized carbons (Fsp3) is 0.